The van der Waals surface area contributed by atoms with Gasteiger partial charge in [0.1, 0.15) is 0 Å². The van der Waals surface area contributed by atoms with Gasteiger partial charge in [-0.05, 0) is 0 Å². The standard InChI is InChI=1S/C5H5NO2S/c1-8-5-6-2-4(3-7)9-5/h2-3H,1H3. The van der Waals surface area contributed by atoms with Gasteiger partial charge in [0.25, 0.3) is 5.19 Å². The number of carbonyl (C=O) groups is 1. The number of carbonyl (C=O) groups excluding carboxylic acids is 1. The Kier molecular flexibility index (Phi) is 1.79. The molecule has 1 aromatic rings. The van der Waals surface area contributed by atoms with Crippen LogP contribution in [-0.4, -0.2) is 18.4 Å². The van der Waals surface area contributed by atoms with Crippen molar-refractivity contribution in [1.82, 2.24) is 4.98 Å². The van der Waals surface area contributed by atoms with Gasteiger partial charge in [-0.3, -0.25) is 4.79 Å². The third-order valence-corrected chi connectivity index (χ3v) is 1.68. The summed E-state index contributed by atoms with van der Waals surface area (Å²) in [6.45, 7) is 0. The molecule has 0 aromatic carbocycles. The van der Waals surface area contributed by atoms with Crippen molar-refractivity contribution in [1.29, 1.82) is 0 Å². The summed E-state index contributed by atoms with van der Waals surface area (Å²) in [5.74, 6) is 0. The summed E-state index contributed by atoms with van der Waals surface area (Å²) in [7, 11) is 1.52. The van der Waals surface area contributed by atoms with Gasteiger partial charge >= 0.3 is 0 Å². The molecule has 1 aromatic heterocycles. The van der Waals surface area contributed by atoms with E-state index in [0.29, 0.717) is 10.1 Å². The second-order valence-electron chi connectivity index (χ2n) is 1.35. The van der Waals surface area contributed by atoms with Gasteiger partial charge < -0.3 is 4.74 Å². The van der Waals surface area contributed by atoms with Crippen LogP contribution in [0.3, 0.4) is 0 Å². The molecule has 0 aliphatic carbocycles. The lowest BCUT2D eigenvalue weighted by Gasteiger charge is -1.84. The van der Waals surface area contributed by atoms with Crippen molar-refractivity contribution in [3.8, 4) is 5.19 Å². The van der Waals surface area contributed by atoms with Gasteiger partial charge in [0, 0.05) is 0 Å². The van der Waals surface area contributed by atoms with E-state index >= 15 is 0 Å². The highest BCUT2D eigenvalue weighted by Crippen LogP contribution is 2.17. The van der Waals surface area contributed by atoms with Crippen LogP contribution in [-0.2, 0) is 0 Å². The van der Waals surface area contributed by atoms with E-state index in [1.54, 1.807) is 0 Å². The Labute approximate surface area is 56.3 Å². The van der Waals surface area contributed by atoms with Crippen LogP contribution in [0, 0.1) is 0 Å². The predicted octanol–water partition coefficient (Wildman–Crippen LogP) is 0.964. The number of aromatic nitrogens is 1. The molecule has 0 aliphatic heterocycles. The van der Waals surface area contributed by atoms with Crippen molar-refractivity contribution in [3.05, 3.63) is 11.1 Å². The lowest BCUT2D eigenvalue weighted by molar-refractivity contribution is 0.112. The maximum Gasteiger partial charge on any atom is 0.273 e. The van der Waals surface area contributed by atoms with E-state index in [1.807, 2.05) is 0 Å². The van der Waals surface area contributed by atoms with Crippen molar-refractivity contribution in [2.45, 2.75) is 0 Å². The lowest BCUT2D eigenvalue weighted by atomic mass is 10.6. The molecule has 4 heteroatoms. The molecule has 9 heavy (non-hydrogen) atoms. The summed E-state index contributed by atoms with van der Waals surface area (Å²) >= 11 is 1.23. The number of ether oxygens (including phenoxy) is 1. The van der Waals surface area contributed by atoms with E-state index < -0.39 is 0 Å². The maximum absolute atomic E-state index is 10.1. The smallest absolute Gasteiger partial charge is 0.273 e. The molecule has 0 atom stereocenters. The van der Waals surface area contributed by atoms with Crippen LogP contribution >= 0.6 is 11.3 Å². The minimum absolute atomic E-state index is 0.525. The summed E-state index contributed by atoms with van der Waals surface area (Å²) in [6, 6.07) is 0. The molecule has 0 radical (unpaired) electrons. The van der Waals surface area contributed by atoms with E-state index in [1.165, 1.54) is 24.6 Å². The van der Waals surface area contributed by atoms with Crippen LogP contribution < -0.4 is 4.74 Å². The minimum atomic E-state index is 0.525. The third kappa shape index (κ3) is 1.26. The van der Waals surface area contributed by atoms with Crippen LogP contribution in [0.15, 0.2) is 6.20 Å². The fourth-order valence-electron chi connectivity index (χ4n) is 0.419. The molecule has 1 heterocycles. The number of methoxy groups -OCH3 is 1. The van der Waals surface area contributed by atoms with Crippen molar-refractivity contribution in [2.75, 3.05) is 7.11 Å². The molecule has 3 nitrogen and oxygen atoms in total. The summed E-state index contributed by atoms with van der Waals surface area (Å²) < 4.78 is 4.75. The van der Waals surface area contributed by atoms with Gasteiger partial charge in [0.15, 0.2) is 6.29 Å². The van der Waals surface area contributed by atoms with Gasteiger partial charge in [-0.1, -0.05) is 11.3 Å². The van der Waals surface area contributed by atoms with E-state index in [0.717, 1.165) is 6.29 Å². The predicted molar refractivity (Wildman–Crippen MR) is 34.1 cm³/mol. The highest BCUT2D eigenvalue weighted by molar-refractivity contribution is 7.15. The van der Waals surface area contributed by atoms with Gasteiger partial charge in [-0.15, -0.1) is 0 Å². The van der Waals surface area contributed by atoms with Gasteiger partial charge in [0.2, 0.25) is 0 Å². The van der Waals surface area contributed by atoms with Crippen LogP contribution in [0.25, 0.3) is 0 Å². The van der Waals surface area contributed by atoms with Crippen molar-refractivity contribution in [2.24, 2.45) is 0 Å². The van der Waals surface area contributed by atoms with Crippen molar-refractivity contribution >= 4 is 17.6 Å². The van der Waals surface area contributed by atoms with E-state index in [4.69, 9.17) is 4.74 Å². The average Bonchev–Trinajstić information content (AvgIpc) is 2.34. The number of hydrogen-bond acceptors (Lipinski definition) is 4. The summed E-state index contributed by atoms with van der Waals surface area (Å²) in [5.41, 5.74) is 0. The fourth-order valence-corrected chi connectivity index (χ4v) is 0.963. The normalized spacial score (nSPS) is 9.00. The van der Waals surface area contributed by atoms with Crippen molar-refractivity contribution < 1.29 is 9.53 Å². The monoisotopic (exact) mass is 143 g/mol. The molecule has 0 bridgehead atoms. The molecule has 0 unspecified atom stereocenters. The zero-order valence-corrected chi connectivity index (χ0v) is 5.64. The molecule has 48 valence electrons. The molecule has 0 aliphatic rings. The second-order valence-corrected chi connectivity index (χ2v) is 2.38. The molecule has 1 rings (SSSR count). The lowest BCUT2D eigenvalue weighted by Crippen LogP contribution is -1.76. The Bertz CT molecular complexity index is 208. The first-order valence-corrected chi connectivity index (χ1v) is 3.13. The Hall–Kier alpha value is -0.900. The summed E-state index contributed by atoms with van der Waals surface area (Å²) in [5, 5.41) is 0.525. The molecule has 0 saturated carbocycles. The fraction of sp³-hybridized carbons (Fsp3) is 0.200. The molecule has 0 spiro atoms. The molecule has 0 fully saturated rings. The second kappa shape index (κ2) is 2.59. The Morgan fingerprint density at radius 2 is 2.67 bits per heavy atom. The topological polar surface area (TPSA) is 39.2 Å². The SMILES string of the molecule is COc1ncc(C=O)s1. The quantitative estimate of drug-likeness (QED) is 0.579. The zero-order valence-electron chi connectivity index (χ0n) is 4.83. The Morgan fingerprint density at radius 3 is 3.00 bits per heavy atom. The van der Waals surface area contributed by atoms with E-state index in [-0.39, 0.29) is 0 Å². The number of hydrogen-bond donors (Lipinski definition) is 0. The van der Waals surface area contributed by atoms with E-state index in [9.17, 15) is 4.79 Å². The first kappa shape index (κ1) is 6.22. The maximum atomic E-state index is 10.1. The Balaban J connectivity index is 2.86. The highest BCUT2D eigenvalue weighted by atomic mass is 32.1. The third-order valence-electron chi connectivity index (χ3n) is 0.793. The van der Waals surface area contributed by atoms with Crippen LogP contribution in [0.2, 0.25) is 0 Å². The summed E-state index contributed by atoms with van der Waals surface area (Å²) in [6.07, 6.45) is 2.23. The van der Waals surface area contributed by atoms with Gasteiger partial charge in [-0.2, -0.15) is 0 Å². The Morgan fingerprint density at radius 1 is 1.89 bits per heavy atom. The number of nitrogens with zero attached hydrogens (tertiary/aromatic N) is 1. The molecule has 0 saturated heterocycles. The number of aldehydes is 1. The van der Waals surface area contributed by atoms with Crippen LogP contribution in [0.1, 0.15) is 9.67 Å². The first-order chi connectivity index (χ1) is 4.36. The summed E-state index contributed by atoms with van der Waals surface area (Å²) in [4.78, 5) is 14.4. The molecular weight excluding hydrogens is 138 g/mol. The minimum Gasteiger partial charge on any atom is -0.473 e. The van der Waals surface area contributed by atoms with Gasteiger partial charge in [-0.25, -0.2) is 4.98 Å². The van der Waals surface area contributed by atoms with Gasteiger partial charge in [0.05, 0.1) is 18.2 Å². The highest BCUT2D eigenvalue weighted by Gasteiger charge is 1.97. The zero-order chi connectivity index (χ0) is 6.69. The molecule has 0 amide bonds. The molecular formula is C5H5NO2S. The number of rotatable bonds is 2. The van der Waals surface area contributed by atoms with Crippen LogP contribution in [0.4, 0.5) is 0 Å². The number of thiazole rings is 1. The van der Waals surface area contributed by atoms with E-state index in [2.05, 4.69) is 4.98 Å². The van der Waals surface area contributed by atoms with Crippen molar-refractivity contribution in [3.63, 3.8) is 0 Å². The van der Waals surface area contributed by atoms with Crippen LogP contribution in [0.5, 0.6) is 5.19 Å². The largest absolute Gasteiger partial charge is 0.473 e. The average molecular weight is 143 g/mol. The molecule has 0 N–H and O–H groups in total. The first-order valence-electron chi connectivity index (χ1n) is 2.32.